The molecule has 0 aliphatic carbocycles. The lowest BCUT2D eigenvalue weighted by molar-refractivity contribution is 0.148. The van der Waals surface area contributed by atoms with Gasteiger partial charge in [-0.2, -0.15) is 0 Å². The summed E-state index contributed by atoms with van der Waals surface area (Å²) in [5, 5.41) is 12.2. The lowest BCUT2D eigenvalue weighted by atomic mass is 10.2. The number of nitrogens with zero attached hydrogens (tertiary/aromatic N) is 2. The van der Waals surface area contributed by atoms with Gasteiger partial charge in [-0.3, -0.25) is 0 Å². The van der Waals surface area contributed by atoms with Gasteiger partial charge in [0.2, 0.25) is 0 Å². The van der Waals surface area contributed by atoms with E-state index in [1.165, 1.54) is 0 Å². The largest absolute Gasteiger partial charge is 0.396 e. The fraction of sp³-hybridized carbons (Fsp3) is 0.727. The maximum absolute atomic E-state index is 8.86. The third-order valence-corrected chi connectivity index (χ3v) is 2.43. The molecule has 0 saturated carbocycles. The topological polar surface area (TPSA) is 59.3 Å². The van der Waals surface area contributed by atoms with Crippen LogP contribution in [-0.4, -0.2) is 47.6 Å². The average Bonchev–Trinajstić information content (AvgIpc) is 2.78. The van der Waals surface area contributed by atoms with Crippen LogP contribution in [0.5, 0.6) is 0 Å². The number of aryl methyl sites for hydroxylation is 1. The van der Waals surface area contributed by atoms with Crippen molar-refractivity contribution in [3.63, 3.8) is 0 Å². The highest BCUT2D eigenvalue weighted by Crippen LogP contribution is 1.94. The highest BCUT2D eigenvalue weighted by Gasteiger charge is 2.05. The third-order valence-electron chi connectivity index (χ3n) is 2.43. The number of hydrogen-bond acceptors (Lipinski definition) is 4. The van der Waals surface area contributed by atoms with Crippen LogP contribution in [0.2, 0.25) is 0 Å². The van der Waals surface area contributed by atoms with Gasteiger partial charge in [-0.05, 0) is 19.4 Å². The summed E-state index contributed by atoms with van der Waals surface area (Å²) < 4.78 is 7.13. The second-order valence-electron chi connectivity index (χ2n) is 3.77. The van der Waals surface area contributed by atoms with Crippen LogP contribution in [0.3, 0.4) is 0 Å². The first-order chi connectivity index (χ1) is 7.86. The van der Waals surface area contributed by atoms with Crippen LogP contribution >= 0.6 is 0 Å². The van der Waals surface area contributed by atoms with Crippen LogP contribution in [-0.2, 0) is 11.3 Å². The van der Waals surface area contributed by atoms with Crippen LogP contribution < -0.4 is 5.32 Å². The zero-order valence-corrected chi connectivity index (χ0v) is 9.80. The third kappa shape index (κ3) is 5.25. The maximum atomic E-state index is 8.86. The SMILES string of the molecule is COCC(CCO)NCCCn1ccnc1. The van der Waals surface area contributed by atoms with Crippen LogP contribution in [0.15, 0.2) is 18.7 Å². The molecule has 0 bridgehead atoms. The second kappa shape index (κ2) is 8.27. The van der Waals surface area contributed by atoms with Crippen molar-refractivity contribution in [2.24, 2.45) is 0 Å². The van der Waals surface area contributed by atoms with Gasteiger partial charge >= 0.3 is 0 Å². The number of hydrogen-bond donors (Lipinski definition) is 2. The molecule has 0 aliphatic heterocycles. The van der Waals surface area contributed by atoms with Crippen molar-refractivity contribution in [3.05, 3.63) is 18.7 Å². The molecule has 0 fully saturated rings. The van der Waals surface area contributed by atoms with Crippen molar-refractivity contribution in [1.82, 2.24) is 14.9 Å². The van der Waals surface area contributed by atoms with E-state index in [4.69, 9.17) is 9.84 Å². The first-order valence-corrected chi connectivity index (χ1v) is 5.65. The van der Waals surface area contributed by atoms with E-state index in [0.717, 1.165) is 25.9 Å². The summed E-state index contributed by atoms with van der Waals surface area (Å²) in [7, 11) is 1.68. The van der Waals surface area contributed by atoms with E-state index in [0.29, 0.717) is 6.61 Å². The van der Waals surface area contributed by atoms with Gasteiger partial charge in [0.1, 0.15) is 0 Å². The number of aliphatic hydroxyl groups excluding tert-OH is 1. The van der Waals surface area contributed by atoms with Crippen molar-refractivity contribution >= 4 is 0 Å². The van der Waals surface area contributed by atoms with E-state index < -0.39 is 0 Å². The monoisotopic (exact) mass is 227 g/mol. The molecule has 0 aliphatic rings. The normalized spacial score (nSPS) is 12.9. The average molecular weight is 227 g/mol. The Balaban J connectivity index is 2.08. The Hall–Kier alpha value is -0.910. The van der Waals surface area contributed by atoms with Gasteiger partial charge in [-0.15, -0.1) is 0 Å². The molecular weight excluding hydrogens is 206 g/mol. The zero-order valence-electron chi connectivity index (χ0n) is 9.80. The molecule has 0 amide bonds. The lowest BCUT2D eigenvalue weighted by Gasteiger charge is -2.16. The Morgan fingerprint density at radius 3 is 3.06 bits per heavy atom. The van der Waals surface area contributed by atoms with Crippen molar-refractivity contribution < 1.29 is 9.84 Å². The van der Waals surface area contributed by atoms with Crippen LogP contribution in [0.1, 0.15) is 12.8 Å². The molecule has 16 heavy (non-hydrogen) atoms. The summed E-state index contributed by atoms with van der Waals surface area (Å²) >= 11 is 0. The van der Waals surface area contributed by atoms with Crippen molar-refractivity contribution in [3.8, 4) is 0 Å². The fourth-order valence-corrected chi connectivity index (χ4v) is 1.59. The number of ether oxygens (including phenoxy) is 1. The minimum atomic E-state index is 0.197. The van der Waals surface area contributed by atoms with Gasteiger partial charge in [0.15, 0.2) is 0 Å². The molecular formula is C11H21N3O2. The Morgan fingerprint density at radius 2 is 2.44 bits per heavy atom. The van der Waals surface area contributed by atoms with E-state index in [9.17, 15) is 0 Å². The zero-order chi connectivity index (χ0) is 11.6. The molecule has 1 aromatic heterocycles. The van der Waals surface area contributed by atoms with Crippen LogP contribution in [0, 0.1) is 0 Å². The smallest absolute Gasteiger partial charge is 0.0945 e. The maximum Gasteiger partial charge on any atom is 0.0945 e. The molecule has 92 valence electrons. The predicted molar refractivity (Wildman–Crippen MR) is 62.2 cm³/mol. The molecule has 1 heterocycles. The van der Waals surface area contributed by atoms with E-state index in [1.807, 2.05) is 12.5 Å². The highest BCUT2D eigenvalue weighted by molar-refractivity contribution is 4.74. The van der Waals surface area contributed by atoms with Crippen LogP contribution in [0.25, 0.3) is 0 Å². The number of aromatic nitrogens is 2. The predicted octanol–water partition coefficient (Wildman–Crippen LogP) is 0.260. The van der Waals surface area contributed by atoms with E-state index in [1.54, 1.807) is 13.3 Å². The second-order valence-corrected chi connectivity index (χ2v) is 3.77. The van der Waals surface area contributed by atoms with Crippen molar-refractivity contribution in [2.45, 2.75) is 25.4 Å². The summed E-state index contributed by atoms with van der Waals surface area (Å²) in [4.78, 5) is 3.98. The number of rotatable bonds is 9. The molecule has 5 heteroatoms. The summed E-state index contributed by atoms with van der Waals surface area (Å²) in [6, 6.07) is 0.248. The minimum Gasteiger partial charge on any atom is -0.396 e. The van der Waals surface area contributed by atoms with E-state index in [2.05, 4.69) is 14.9 Å². The quantitative estimate of drug-likeness (QED) is 0.594. The molecule has 0 aromatic carbocycles. The molecule has 0 saturated heterocycles. The van der Waals surface area contributed by atoms with Crippen LogP contribution in [0.4, 0.5) is 0 Å². The van der Waals surface area contributed by atoms with Crippen molar-refractivity contribution in [1.29, 1.82) is 0 Å². The van der Waals surface area contributed by atoms with Gasteiger partial charge in [-0.25, -0.2) is 4.98 Å². The molecule has 0 spiro atoms. The molecule has 1 aromatic rings. The first kappa shape index (κ1) is 13.2. The number of imidazole rings is 1. The fourth-order valence-electron chi connectivity index (χ4n) is 1.59. The Morgan fingerprint density at radius 1 is 1.56 bits per heavy atom. The highest BCUT2D eigenvalue weighted by atomic mass is 16.5. The molecule has 5 nitrogen and oxygen atoms in total. The minimum absolute atomic E-state index is 0.197. The molecule has 2 N–H and O–H groups in total. The number of methoxy groups -OCH3 is 1. The van der Waals surface area contributed by atoms with Crippen molar-refractivity contribution in [2.75, 3.05) is 26.9 Å². The van der Waals surface area contributed by atoms with Gasteiger partial charge < -0.3 is 19.7 Å². The first-order valence-electron chi connectivity index (χ1n) is 5.65. The summed E-state index contributed by atoms with van der Waals surface area (Å²) in [6.07, 6.45) is 7.34. The molecule has 1 rings (SSSR count). The Bertz CT molecular complexity index is 246. The Kier molecular flexibility index (Phi) is 6.80. The number of nitrogens with one attached hydrogen (secondary N) is 1. The Labute approximate surface area is 96.4 Å². The van der Waals surface area contributed by atoms with Gasteiger partial charge in [0.05, 0.1) is 12.9 Å². The standard InChI is InChI=1S/C11H21N3O2/c1-16-9-11(3-8-15)13-4-2-6-14-7-5-12-10-14/h5,7,10-11,13,15H,2-4,6,8-9H2,1H3. The summed E-state index contributed by atoms with van der Waals surface area (Å²) in [6.45, 7) is 2.73. The summed E-state index contributed by atoms with van der Waals surface area (Å²) in [5.74, 6) is 0. The molecule has 1 atom stereocenters. The molecule has 1 unspecified atom stereocenters. The van der Waals surface area contributed by atoms with E-state index in [-0.39, 0.29) is 12.6 Å². The van der Waals surface area contributed by atoms with Gasteiger partial charge in [0, 0.05) is 38.7 Å². The lowest BCUT2D eigenvalue weighted by Crippen LogP contribution is -2.35. The van der Waals surface area contributed by atoms with E-state index >= 15 is 0 Å². The summed E-state index contributed by atoms with van der Waals surface area (Å²) in [5.41, 5.74) is 0. The van der Waals surface area contributed by atoms with Gasteiger partial charge in [-0.1, -0.05) is 0 Å². The van der Waals surface area contributed by atoms with Gasteiger partial charge in [0.25, 0.3) is 0 Å². The number of aliphatic hydroxyl groups is 1. The molecule has 0 radical (unpaired) electrons.